The van der Waals surface area contributed by atoms with Crippen LogP contribution in [0.2, 0.25) is 0 Å². The van der Waals surface area contributed by atoms with Crippen molar-refractivity contribution in [2.45, 2.75) is 51.0 Å². The average molecular weight is 235 g/mol. The van der Waals surface area contributed by atoms with Crippen LogP contribution in [-0.4, -0.2) is 0 Å². The molecule has 0 spiro atoms. The Labute approximate surface area is 103 Å². The fourth-order valence-electron chi connectivity index (χ4n) is 2.98. The van der Waals surface area contributed by atoms with Crippen LogP contribution < -0.4 is 5.73 Å². The molecule has 2 rings (SSSR count). The Kier molecular flexibility index (Phi) is 3.82. The molecule has 2 unspecified atom stereocenters. The Bertz CT molecular complexity index is 377. The van der Waals surface area contributed by atoms with E-state index in [0.717, 1.165) is 31.6 Å². The zero-order valence-corrected chi connectivity index (χ0v) is 10.6. The zero-order valence-electron chi connectivity index (χ0n) is 10.6. The third kappa shape index (κ3) is 2.68. The summed E-state index contributed by atoms with van der Waals surface area (Å²) >= 11 is 0. The first-order valence-electron chi connectivity index (χ1n) is 6.69. The van der Waals surface area contributed by atoms with Crippen molar-refractivity contribution in [3.8, 4) is 0 Å². The van der Waals surface area contributed by atoms with Crippen LogP contribution in [0.3, 0.4) is 0 Å². The lowest BCUT2D eigenvalue weighted by atomic mass is 9.83. The lowest BCUT2D eigenvalue weighted by Crippen LogP contribution is -2.37. The van der Waals surface area contributed by atoms with Crippen molar-refractivity contribution in [3.05, 3.63) is 35.6 Å². The predicted octanol–water partition coefficient (Wildman–Crippen LogP) is 3.97. The van der Waals surface area contributed by atoms with Crippen LogP contribution >= 0.6 is 0 Å². The van der Waals surface area contributed by atoms with Crippen molar-refractivity contribution in [2.75, 3.05) is 0 Å². The molecule has 0 bridgehead atoms. The second-order valence-corrected chi connectivity index (χ2v) is 5.34. The third-order valence-electron chi connectivity index (χ3n) is 4.22. The molecule has 2 heteroatoms. The molecular formula is C15H22FN. The van der Waals surface area contributed by atoms with Gasteiger partial charge in [0, 0.05) is 11.1 Å². The maximum atomic E-state index is 13.9. The fraction of sp³-hybridized carbons (Fsp3) is 0.600. The van der Waals surface area contributed by atoms with Gasteiger partial charge in [-0.15, -0.1) is 0 Å². The van der Waals surface area contributed by atoms with E-state index < -0.39 is 5.54 Å². The minimum atomic E-state index is -0.449. The normalized spacial score (nSPS) is 29.9. The maximum Gasteiger partial charge on any atom is 0.128 e. The summed E-state index contributed by atoms with van der Waals surface area (Å²) in [6, 6.07) is 6.98. The largest absolute Gasteiger partial charge is 0.321 e. The van der Waals surface area contributed by atoms with Gasteiger partial charge in [-0.2, -0.15) is 0 Å². The summed E-state index contributed by atoms with van der Waals surface area (Å²) in [5, 5.41) is 0. The van der Waals surface area contributed by atoms with E-state index in [1.54, 1.807) is 6.07 Å². The first-order valence-corrected chi connectivity index (χ1v) is 6.69. The standard InChI is InChI=1S/C15H22FN/c1-2-12-6-5-10-15(17,11-9-12)13-7-3-4-8-14(13)16/h3-4,7-8,12H,2,5-6,9-11,17H2,1H3. The van der Waals surface area contributed by atoms with Crippen molar-refractivity contribution in [3.63, 3.8) is 0 Å². The number of hydrogen-bond donors (Lipinski definition) is 1. The Hall–Kier alpha value is -0.890. The molecule has 0 aromatic heterocycles. The highest BCUT2D eigenvalue weighted by Gasteiger charge is 2.32. The number of hydrogen-bond acceptors (Lipinski definition) is 1. The topological polar surface area (TPSA) is 26.0 Å². The molecule has 1 aromatic carbocycles. The molecule has 1 fully saturated rings. The van der Waals surface area contributed by atoms with E-state index in [1.807, 2.05) is 12.1 Å². The lowest BCUT2D eigenvalue weighted by Gasteiger charge is -2.29. The number of benzene rings is 1. The van der Waals surface area contributed by atoms with Gasteiger partial charge < -0.3 is 5.73 Å². The van der Waals surface area contributed by atoms with Crippen LogP contribution in [-0.2, 0) is 5.54 Å². The van der Waals surface area contributed by atoms with Crippen LogP contribution in [0.4, 0.5) is 4.39 Å². The molecule has 0 amide bonds. The Morgan fingerprint density at radius 1 is 1.29 bits per heavy atom. The summed E-state index contributed by atoms with van der Waals surface area (Å²) in [6.45, 7) is 2.23. The molecule has 94 valence electrons. The van der Waals surface area contributed by atoms with Crippen molar-refractivity contribution in [1.82, 2.24) is 0 Å². The van der Waals surface area contributed by atoms with Gasteiger partial charge in [0.2, 0.25) is 0 Å². The summed E-state index contributed by atoms with van der Waals surface area (Å²) in [4.78, 5) is 0. The highest BCUT2D eigenvalue weighted by Crippen LogP contribution is 2.37. The maximum absolute atomic E-state index is 13.9. The number of halogens is 1. The minimum Gasteiger partial charge on any atom is -0.321 e. The summed E-state index contributed by atoms with van der Waals surface area (Å²) in [7, 11) is 0. The first-order chi connectivity index (χ1) is 8.15. The van der Waals surface area contributed by atoms with Crippen LogP contribution in [0, 0.1) is 11.7 Å². The Morgan fingerprint density at radius 2 is 2.06 bits per heavy atom. The van der Waals surface area contributed by atoms with Crippen molar-refractivity contribution in [2.24, 2.45) is 11.7 Å². The average Bonchev–Trinajstić information content (AvgIpc) is 2.52. The van der Waals surface area contributed by atoms with E-state index in [1.165, 1.54) is 18.9 Å². The first kappa shape index (κ1) is 12.6. The Morgan fingerprint density at radius 3 is 2.76 bits per heavy atom. The van der Waals surface area contributed by atoms with Gasteiger partial charge in [-0.25, -0.2) is 4.39 Å². The van der Waals surface area contributed by atoms with Crippen molar-refractivity contribution >= 4 is 0 Å². The molecule has 2 atom stereocenters. The van der Waals surface area contributed by atoms with Crippen LogP contribution in [0.25, 0.3) is 0 Å². The summed E-state index contributed by atoms with van der Waals surface area (Å²) in [5.41, 5.74) is 6.71. The van der Waals surface area contributed by atoms with E-state index in [2.05, 4.69) is 6.92 Å². The molecule has 0 saturated heterocycles. The number of nitrogens with two attached hydrogens (primary N) is 1. The third-order valence-corrected chi connectivity index (χ3v) is 4.22. The van der Waals surface area contributed by atoms with Gasteiger partial charge in [0.15, 0.2) is 0 Å². The molecule has 1 aliphatic carbocycles. The second kappa shape index (κ2) is 5.18. The summed E-state index contributed by atoms with van der Waals surface area (Å²) < 4.78 is 13.9. The van der Waals surface area contributed by atoms with Gasteiger partial charge in [-0.3, -0.25) is 0 Å². The fourth-order valence-corrected chi connectivity index (χ4v) is 2.98. The number of rotatable bonds is 2. The van der Waals surface area contributed by atoms with Crippen LogP contribution in [0.1, 0.15) is 51.0 Å². The van der Waals surface area contributed by atoms with Gasteiger partial charge in [0.05, 0.1) is 0 Å². The van der Waals surface area contributed by atoms with Gasteiger partial charge >= 0.3 is 0 Å². The van der Waals surface area contributed by atoms with Gasteiger partial charge in [-0.1, -0.05) is 44.4 Å². The molecule has 1 saturated carbocycles. The SMILES string of the molecule is CCC1CCCC(N)(c2ccccc2F)CC1. The monoisotopic (exact) mass is 235 g/mol. The van der Waals surface area contributed by atoms with E-state index in [-0.39, 0.29) is 5.82 Å². The Balaban J connectivity index is 2.21. The summed E-state index contributed by atoms with van der Waals surface area (Å²) in [5.74, 6) is 0.622. The highest BCUT2D eigenvalue weighted by molar-refractivity contribution is 5.26. The van der Waals surface area contributed by atoms with Gasteiger partial charge in [0.1, 0.15) is 5.82 Å². The molecular weight excluding hydrogens is 213 g/mol. The van der Waals surface area contributed by atoms with Crippen LogP contribution in [0.5, 0.6) is 0 Å². The quantitative estimate of drug-likeness (QED) is 0.771. The molecule has 1 aliphatic rings. The van der Waals surface area contributed by atoms with Gasteiger partial charge in [-0.05, 0) is 31.2 Å². The van der Waals surface area contributed by atoms with E-state index in [0.29, 0.717) is 5.56 Å². The van der Waals surface area contributed by atoms with Crippen LogP contribution in [0.15, 0.2) is 24.3 Å². The van der Waals surface area contributed by atoms with E-state index >= 15 is 0 Å². The van der Waals surface area contributed by atoms with E-state index in [9.17, 15) is 4.39 Å². The molecule has 17 heavy (non-hydrogen) atoms. The molecule has 0 aliphatic heterocycles. The zero-order chi connectivity index (χ0) is 12.3. The highest BCUT2D eigenvalue weighted by atomic mass is 19.1. The molecule has 0 radical (unpaired) electrons. The van der Waals surface area contributed by atoms with E-state index in [4.69, 9.17) is 5.73 Å². The molecule has 2 N–H and O–H groups in total. The molecule has 1 aromatic rings. The predicted molar refractivity (Wildman–Crippen MR) is 69.1 cm³/mol. The lowest BCUT2D eigenvalue weighted by molar-refractivity contribution is 0.357. The second-order valence-electron chi connectivity index (χ2n) is 5.34. The minimum absolute atomic E-state index is 0.148. The van der Waals surface area contributed by atoms with Crippen molar-refractivity contribution in [1.29, 1.82) is 0 Å². The van der Waals surface area contributed by atoms with Gasteiger partial charge in [0.25, 0.3) is 0 Å². The summed E-state index contributed by atoms with van der Waals surface area (Å²) in [6.07, 6.45) is 6.51. The van der Waals surface area contributed by atoms with Crippen molar-refractivity contribution < 1.29 is 4.39 Å². The smallest absolute Gasteiger partial charge is 0.128 e. The molecule has 0 heterocycles. The molecule has 1 nitrogen and oxygen atoms in total.